The van der Waals surface area contributed by atoms with E-state index in [1.165, 1.54) is 19.4 Å². The van der Waals surface area contributed by atoms with E-state index in [-0.39, 0.29) is 6.10 Å². The van der Waals surface area contributed by atoms with Gasteiger partial charge in [0.05, 0.1) is 12.7 Å². The van der Waals surface area contributed by atoms with Crippen LogP contribution in [0.4, 0.5) is 5.82 Å². The summed E-state index contributed by atoms with van der Waals surface area (Å²) in [5.41, 5.74) is 7.45. The number of anilines is 1. The van der Waals surface area contributed by atoms with Crippen LogP contribution in [0.25, 0.3) is 0 Å². The monoisotopic (exact) mass is 306 g/mol. The molecule has 2 aliphatic rings. The lowest BCUT2D eigenvalue weighted by Gasteiger charge is -2.35. The number of pyridine rings is 1. The molecular weight excluding hydrogens is 284 g/mol. The highest BCUT2D eigenvalue weighted by molar-refractivity contribution is 7.80. The third-order valence-electron chi connectivity index (χ3n) is 4.21. The predicted molar refractivity (Wildman–Crippen MR) is 87.7 cm³/mol. The van der Waals surface area contributed by atoms with Crippen LogP contribution < -0.4 is 11.1 Å². The highest BCUT2D eigenvalue weighted by Gasteiger charge is 2.31. The maximum atomic E-state index is 5.94. The Bertz CT molecular complexity index is 536. The molecule has 0 spiro atoms. The molecule has 1 aromatic rings. The summed E-state index contributed by atoms with van der Waals surface area (Å²) < 4.78 is 5.94. The predicted octanol–water partition coefficient (Wildman–Crippen LogP) is 1.30. The van der Waals surface area contributed by atoms with Crippen LogP contribution in [0.1, 0.15) is 24.1 Å². The number of hydrogen-bond acceptors (Lipinski definition) is 5. The quantitative estimate of drug-likeness (QED) is 0.818. The van der Waals surface area contributed by atoms with E-state index in [0.29, 0.717) is 11.0 Å². The van der Waals surface area contributed by atoms with Crippen molar-refractivity contribution >= 4 is 23.0 Å². The molecule has 0 amide bonds. The lowest BCUT2D eigenvalue weighted by molar-refractivity contribution is -0.0416. The summed E-state index contributed by atoms with van der Waals surface area (Å²) in [7, 11) is 0. The van der Waals surface area contributed by atoms with Crippen LogP contribution >= 0.6 is 12.2 Å². The number of hydrogen-bond donors (Lipinski definition) is 2. The van der Waals surface area contributed by atoms with Gasteiger partial charge in [0, 0.05) is 30.4 Å². The summed E-state index contributed by atoms with van der Waals surface area (Å²) in [6, 6.07) is 4.44. The van der Waals surface area contributed by atoms with Crippen molar-refractivity contribution in [3.05, 3.63) is 23.4 Å². The van der Waals surface area contributed by atoms with Crippen molar-refractivity contribution in [2.24, 2.45) is 5.73 Å². The highest BCUT2D eigenvalue weighted by atomic mass is 32.1. The van der Waals surface area contributed by atoms with E-state index in [4.69, 9.17) is 22.7 Å². The molecular formula is C15H22N4OS. The van der Waals surface area contributed by atoms with E-state index < -0.39 is 0 Å². The zero-order valence-corrected chi connectivity index (χ0v) is 13.2. The SMILES string of the molecule is Cc1cc(C(N)=S)cc(NCC2CN3CCCC3CO2)n1. The molecule has 5 nitrogen and oxygen atoms in total. The molecule has 1 aromatic heterocycles. The van der Waals surface area contributed by atoms with Crippen LogP contribution in [0.15, 0.2) is 12.1 Å². The smallest absolute Gasteiger partial charge is 0.126 e. The summed E-state index contributed by atoms with van der Waals surface area (Å²) in [5, 5.41) is 3.35. The van der Waals surface area contributed by atoms with Crippen molar-refractivity contribution in [1.29, 1.82) is 0 Å². The number of thiocarbonyl (C=S) groups is 1. The first kappa shape index (κ1) is 14.7. The number of nitrogens with one attached hydrogen (secondary N) is 1. The standard InChI is InChI=1S/C15H22N4OS/c1-10-5-11(15(16)21)6-14(18-10)17-7-13-8-19-4-2-3-12(19)9-20-13/h5-6,12-13H,2-4,7-9H2,1H3,(H2,16,21)(H,17,18). The molecule has 2 fully saturated rings. The number of rotatable bonds is 4. The molecule has 2 atom stereocenters. The summed E-state index contributed by atoms with van der Waals surface area (Å²) in [5.74, 6) is 0.810. The Balaban J connectivity index is 1.59. The van der Waals surface area contributed by atoms with Gasteiger partial charge in [0.1, 0.15) is 10.8 Å². The maximum Gasteiger partial charge on any atom is 0.126 e. The molecule has 0 saturated carbocycles. The number of ether oxygens (including phenoxy) is 1. The molecule has 114 valence electrons. The summed E-state index contributed by atoms with van der Waals surface area (Å²) in [4.78, 5) is 7.41. The number of morpholine rings is 1. The average molecular weight is 306 g/mol. The number of nitrogens with zero attached hydrogens (tertiary/aromatic N) is 2. The highest BCUT2D eigenvalue weighted by Crippen LogP contribution is 2.22. The zero-order chi connectivity index (χ0) is 14.8. The van der Waals surface area contributed by atoms with Crippen LogP contribution in [-0.4, -0.2) is 53.3 Å². The van der Waals surface area contributed by atoms with Crippen molar-refractivity contribution in [3.63, 3.8) is 0 Å². The van der Waals surface area contributed by atoms with Crippen LogP contribution in [0.5, 0.6) is 0 Å². The molecule has 3 heterocycles. The lowest BCUT2D eigenvalue weighted by Crippen LogP contribution is -2.48. The number of fused-ring (bicyclic) bond motifs is 1. The van der Waals surface area contributed by atoms with Crippen LogP contribution in [0.3, 0.4) is 0 Å². The Hall–Kier alpha value is -1.24. The fourth-order valence-electron chi connectivity index (χ4n) is 3.13. The summed E-state index contributed by atoms with van der Waals surface area (Å²) in [6.45, 7) is 5.77. The molecule has 2 unspecified atom stereocenters. The first-order valence-electron chi connectivity index (χ1n) is 7.50. The van der Waals surface area contributed by atoms with Gasteiger partial charge in [-0.1, -0.05) is 12.2 Å². The number of nitrogens with two attached hydrogens (primary N) is 1. The molecule has 0 bridgehead atoms. The summed E-state index contributed by atoms with van der Waals surface area (Å²) >= 11 is 5.03. The second-order valence-electron chi connectivity index (χ2n) is 5.87. The molecule has 21 heavy (non-hydrogen) atoms. The van der Waals surface area contributed by atoms with Crippen LogP contribution in [0.2, 0.25) is 0 Å². The normalized spacial score (nSPS) is 25.6. The lowest BCUT2D eigenvalue weighted by atomic mass is 10.2. The average Bonchev–Trinajstić information content (AvgIpc) is 2.92. The molecule has 3 rings (SSSR count). The Morgan fingerprint density at radius 3 is 3.24 bits per heavy atom. The largest absolute Gasteiger partial charge is 0.389 e. The molecule has 3 N–H and O–H groups in total. The maximum absolute atomic E-state index is 5.94. The third-order valence-corrected chi connectivity index (χ3v) is 4.45. The van der Waals surface area contributed by atoms with Gasteiger partial charge < -0.3 is 15.8 Å². The van der Waals surface area contributed by atoms with Crippen LogP contribution in [0, 0.1) is 6.92 Å². The zero-order valence-electron chi connectivity index (χ0n) is 12.3. The van der Waals surface area contributed by atoms with Crippen molar-refractivity contribution < 1.29 is 4.74 Å². The molecule has 2 saturated heterocycles. The van der Waals surface area contributed by atoms with E-state index in [9.17, 15) is 0 Å². The number of aryl methyl sites for hydroxylation is 1. The first-order chi connectivity index (χ1) is 10.1. The van der Waals surface area contributed by atoms with Crippen molar-refractivity contribution in [2.45, 2.75) is 31.9 Å². The minimum Gasteiger partial charge on any atom is -0.389 e. The Labute approximate surface area is 130 Å². The van der Waals surface area contributed by atoms with Gasteiger partial charge in [0.15, 0.2) is 0 Å². The van der Waals surface area contributed by atoms with Gasteiger partial charge in [-0.3, -0.25) is 4.90 Å². The van der Waals surface area contributed by atoms with Gasteiger partial charge in [-0.15, -0.1) is 0 Å². The molecule has 0 aliphatic carbocycles. The topological polar surface area (TPSA) is 63.4 Å². The minimum atomic E-state index is 0.218. The Morgan fingerprint density at radius 2 is 2.43 bits per heavy atom. The van der Waals surface area contributed by atoms with E-state index in [1.807, 2.05) is 19.1 Å². The van der Waals surface area contributed by atoms with Crippen molar-refractivity contribution in [1.82, 2.24) is 9.88 Å². The second kappa shape index (κ2) is 6.25. The van der Waals surface area contributed by atoms with Crippen molar-refractivity contribution in [2.75, 3.05) is 31.6 Å². The molecule has 0 radical (unpaired) electrons. The van der Waals surface area contributed by atoms with Gasteiger partial charge in [-0.25, -0.2) is 4.98 Å². The van der Waals surface area contributed by atoms with Gasteiger partial charge in [0.2, 0.25) is 0 Å². The van der Waals surface area contributed by atoms with E-state index in [2.05, 4.69) is 15.2 Å². The third kappa shape index (κ3) is 3.51. The second-order valence-corrected chi connectivity index (χ2v) is 6.31. The van der Waals surface area contributed by atoms with Gasteiger partial charge in [-0.2, -0.15) is 0 Å². The fourth-order valence-corrected chi connectivity index (χ4v) is 3.25. The Kier molecular flexibility index (Phi) is 4.37. The number of aromatic nitrogens is 1. The molecule has 0 aromatic carbocycles. The fraction of sp³-hybridized carbons (Fsp3) is 0.600. The van der Waals surface area contributed by atoms with Gasteiger partial charge in [-0.05, 0) is 38.4 Å². The van der Waals surface area contributed by atoms with Crippen LogP contribution in [-0.2, 0) is 4.74 Å². The molecule has 6 heteroatoms. The Morgan fingerprint density at radius 1 is 1.57 bits per heavy atom. The van der Waals surface area contributed by atoms with Gasteiger partial charge in [0.25, 0.3) is 0 Å². The van der Waals surface area contributed by atoms with Crippen molar-refractivity contribution in [3.8, 4) is 0 Å². The van der Waals surface area contributed by atoms with E-state index in [0.717, 1.165) is 36.8 Å². The summed E-state index contributed by atoms with van der Waals surface area (Å²) in [6.07, 6.45) is 2.79. The van der Waals surface area contributed by atoms with E-state index in [1.54, 1.807) is 0 Å². The first-order valence-corrected chi connectivity index (χ1v) is 7.90. The minimum absolute atomic E-state index is 0.218. The molecule has 2 aliphatic heterocycles. The van der Waals surface area contributed by atoms with E-state index >= 15 is 0 Å². The van der Waals surface area contributed by atoms with Gasteiger partial charge >= 0.3 is 0 Å².